The van der Waals surface area contributed by atoms with Crippen LogP contribution in [0.3, 0.4) is 0 Å². The lowest BCUT2D eigenvalue weighted by Crippen LogP contribution is -2.34. The lowest BCUT2D eigenvalue weighted by atomic mass is 10.3. The molecule has 1 aromatic heterocycles. The van der Waals surface area contributed by atoms with E-state index < -0.39 is 15.1 Å². The topological polar surface area (TPSA) is 85.2 Å². The van der Waals surface area contributed by atoms with Crippen LogP contribution in [0.5, 0.6) is 0 Å². The van der Waals surface area contributed by atoms with Crippen LogP contribution in [0.15, 0.2) is 59.5 Å². The fourth-order valence-electron chi connectivity index (χ4n) is 3.27. The minimum absolute atomic E-state index is 0.0542. The van der Waals surface area contributed by atoms with Crippen molar-refractivity contribution in [1.29, 1.82) is 0 Å². The first-order valence-corrected chi connectivity index (χ1v) is 9.95. The van der Waals surface area contributed by atoms with E-state index in [1.165, 1.54) is 0 Å². The van der Waals surface area contributed by atoms with E-state index in [1.807, 2.05) is 24.3 Å². The van der Waals surface area contributed by atoms with Crippen molar-refractivity contribution in [3.05, 3.63) is 54.6 Å². The number of rotatable bonds is 4. The third-order valence-corrected chi connectivity index (χ3v) is 6.91. The van der Waals surface area contributed by atoms with Crippen molar-refractivity contribution in [2.24, 2.45) is 0 Å². The number of amides is 1. The maximum Gasteiger partial charge on any atom is 0.244 e. The van der Waals surface area contributed by atoms with Crippen LogP contribution in [0.1, 0.15) is 6.42 Å². The van der Waals surface area contributed by atoms with Crippen LogP contribution >= 0.6 is 0 Å². The van der Waals surface area contributed by atoms with Gasteiger partial charge >= 0.3 is 0 Å². The number of aromatic nitrogens is 3. The molecule has 0 bridgehead atoms. The largest absolute Gasteiger partial charge is 0.340 e. The molecule has 0 spiro atoms. The van der Waals surface area contributed by atoms with E-state index >= 15 is 0 Å². The highest BCUT2D eigenvalue weighted by Gasteiger charge is 2.36. The Labute approximate surface area is 151 Å². The standard InChI is InChI=1S/C18H18N4O3S/c23-18(13-22-17-9-5-4-8-16(17)19-20-22)21-11-10-15(12-21)26(24,25)14-6-2-1-3-7-14/h1-9,15H,10-13H2. The molecule has 1 atom stereocenters. The fourth-order valence-corrected chi connectivity index (χ4v) is 4.99. The summed E-state index contributed by atoms with van der Waals surface area (Å²) in [4.78, 5) is 14.5. The third-order valence-electron chi connectivity index (χ3n) is 4.71. The summed E-state index contributed by atoms with van der Waals surface area (Å²) in [5.41, 5.74) is 1.51. The molecule has 8 heteroatoms. The average Bonchev–Trinajstić information content (AvgIpc) is 3.31. The number of nitrogens with zero attached hydrogens (tertiary/aromatic N) is 4. The van der Waals surface area contributed by atoms with E-state index in [0.717, 1.165) is 11.0 Å². The van der Waals surface area contributed by atoms with Gasteiger partial charge in [-0.2, -0.15) is 0 Å². The molecular formula is C18H18N4O3S. The first kappa shape index (κ1) is 16.7. The van der Waals surface area contributed by atoms with Gasteiger partial charge in [0, 0.05) is 13.1 Å². The van der Waals surface area contributed by atoms with Crippen LogP contribution in [0.2, 0.25) is 0 Å². The van der Waals surface area contributed by atoms with Gasteiger partial charge in [0.2, 0.25) is 5.91 Å². The van der Waals surface area contributed by atoms with Crippen molar-refractivity contribution in [2.45, 2.75) is 23.1 Å². The molecule has 0 radical (unpaired) electrons. The predicted octanol–water partition coefficient (Wildman–Crippen LogP) is 1.51. The molecule has 134 valence electrons. The van der Waals surface area contributed by atoms with Crippen LogP contribution in [0.25, 0.3) is 11.0 Å². The summed E-state index contributed by atoms with van der Waals surface area (Å²) in [6.07, 6.45) is 0.446. The smallest absolute Gasteiger partial charge is 0.244 e. The lowest BCUT2D eigenvalue weighted by Gasteiger charge is -2.17. The molecule has 1 unspecified atom stereocenters. The van der Waals surface area contributed by atoms with Gasteiger partial charge in [-0.1, -0.05) is 35.5 Å². The number of likely N-dealkylation sites (tertiary alicyclic amines) is 1. The molecule has 7 nitrogen and oxygen atoms in total. The Kier molecular flexibility index (Phi) is 4.20. The summed E-state index contributed by atoms with van der Waals surface area (Å²) in [6.45, 7) is 0.698. The molecule has 0 aliphatic carbocycles. The SMILES string of the molecule is O=C(Cn1nnc2ccccc21)N1CCC(S(=O)(=O)c2ccccc2)C1. The van der Waals surface area contributed by atoms with Crippen LogP contribution in [0.4, 0.5) is 0 Å². The molecule has 2 aromatic carbocycles. The number of hydrogen-bond donors (Lipinski definition) is 0. The van der Waals surface area contributed by atoms with E-state index in [1.54, 1.807) is 39.9 Å². The number of para-hydroxylation sites is 1. The summed E-state index contributed by atoms with van der Waals surface area (Å²) in [7, 11) is -3.43. The number of carbonyl (C=O) groups excluding carboxylic acids is 1. The Bertz CT molecular complexity index is 1050. The highest BCUT2D eigenvalue weighted by atomic mass is 32.2. The van der Waals surface area contributed by atoms with Crippen molar-refractivity contribution in [3.8, 4) is 0 Å². The Morgan fingerprint density at radius 1 is 1.08 bits per heavy atom. The molecular weight excluding hydrogens is 352 g/mol. The van der Waals surface area contributed by atoms with Crippen molar-refractivity contribution in [2.75, 3.05) is 13.1 Å². The van der Waals surface area contributed by atoms with E-state index in [9.17, 15) is 13.2 Å². The Balaban J connectivity index is 1.48. The third kappa shape index (κ3) is 2.96. The average molecular weight is 370 g/mol. The number of benzene rings is 2. The van der Waals surface area contributed by atoms with E-state index in [-0.39, 0.29) is 19.0 Å². The first-order valence-electron chi connectivity index (χ1n) is 8.40. The van der Waals surface area contributed by atoms with Gasteiger partial charge in [-0.05, 0) is 30.7 Å². The normalized spacial score (nSPS) is 17.7. The lowest BCUT2D eigenvalue weighted by molar-refractivity contribution is -0.130. The summed E-state index contributed by atoms with van der Waals surface area (Å²) < 4.78 is 27.0. The number of fused-ring (bicyclic) bond motifs is 1. The molecule has 1 aliphatic heterocycles. The number of carbonyl (C=O) groups is 1. The number of sulfone groups is 1. The van der Waals surface area contributed by atoms with E-state index in [2.05, 4.69) is 10.3 Å². The molecule has 0 saturated carbocycles. The van der Waals surface area contributed by atoms with Crippen molar-refractivity contribution >= 4 is 26.8 Å². The molecule has 1 saturated heterocycles. The molecule has 1 fully saturated rings. The predicted molar refractivity (Wildman–Crippen MR) is 96.1 cm³/mol. The van der Waals surface area contributed by atoms with Crippen molar-refractivity contribution < 1.29 is 13.2 Å². The second-order valence-corrected chi connectivity index (χ2v) is 8.57. The van der Waals surface area contributed by atoms with E-state index in [4.69, 9.17) is 0 Å². The maximum absolute atomic E-state index is 12.7. The second-order valence-electron chi connectivity index (χ2n) is 6.34. The summed E-state index contributed by atoms with van der Waals surface area (Å²) >= 11 is 0. The molecule has 2 heterocycles. The van der Waals surface area contributed by atoms with Crippen LogP contribution in [0, 0.1) is 0 Å². The quantitative estimate of drug-likeness (QED) is 0.695. The summed E-state index contributed by atoms with van der Waals surface area (Å²) in [6, 6.07) is 15.8. The zero-order chi connectivity index (χ0) is 18.1. The van der Waals surface area contributed by atoms with Crippen molar-refractivity contribution in [1.82, 2.24) is 19.9 Å². The highest BCUT2D eigenvalue weighted by Crippen LogP contribution is 2.24. The zero-order valence-corrected chi connectivity index (χ0v) is 14.8. The Hall–Kier alpha value is -2.74. The molecule has 26 heavy (non-hydrogen) atoms. The molecule has 4 rings (SSSR count). The maximum atomic E-state index is 12.7. The zero-order valence-electron chi connectivity index (χ0n) is 14.0. The highest BCUT2D eigenvalue weighted by molar-refractivity contribution is 7.92. The monoisotopic (exact) mass is 370 g/mol. The molecule has 1 aliphatic rings. The van der Waals surface area contributed by atoms with Gasteiger partial charge in [0.15, 0.2) is 9.84 Å². The molecule has 0 N–H and O–H groups in total. The van der Waals surface area contributed by atoms with Crippen LogP contribution < -0.4 is 0 Å². The Morgan fingerprint density at radius 2 is 1.81 bits per heavy atom. The van der Waals surface area contributed by atoms with Gasteiger partial charge in [0.1, 0.15) is 12.1 Å². The van der Waals surface area contributed by atoms with Gasteiger partial charge < -0.3 is 4.90 Å². The van der Waals surface area contributed by atoms with Gasteiger partial charge in [0.25, 0.3) is 0 Å². The van der Waals surface area contributed by atoms with Crippen LogP contribution in [-0.2, 0) is 21.2 Å². The minimum atomic E-state index is -3.43. The first-order chi connectivity index (χ1) is 12.6. The van der Waals surface area contributed by atoms with Gasteiger partial charge in [-0.3, -0.25) is 4.79 Å². The van der Waals surface area contributed by atoms with Crippen LogP contribution in [-0.4, -0.2) is 52.6 Å². The van der Waals surface area contributed by atoms with Gasteiger partial charge in [-0.15, -0.1) is 5.10 Å². The number of hydrogen-bond acceptors (Lipinski definition) is 5. The fraction of sp³-hybridized carbons (Fsp3) is 0.278. The van der Waals surface area contributed by atoms with Crippen molar-refractivity contribution in [3.63, 3.8) is 0 Å². The summed E-state index contributed by atoms with van der Waals surface area (Å²) in [5.74, 6) is -0.147. The van der Waals surface area contributed by atoms with Gasteiger partial charge in [0.05, 0.1) is 15.7 Å². The second kappa shape index (κ2) is 6.53. The Morgan fingerprint density at radius 3 is 2.62 bits per heavy atom. The molecule has 1 amide bonds. The van der Waals surface area contributed by atoms with E-state index in [0.29, 0.717) is 17.9 Å². The minimum Gasteiger partial charge on any atom is -0.340 e. The van der Waals surface area contributed by atoms with Gasteiger partial charge in [-0.25, -0.2) is 13.1 Å². The summed E-state index contributed by atoms with van der Waals surface area (Å²) in [5, 5.41) is 7.49. The molecule has 3 aromatic rings.